The molecule has 0 saturated carbocycles. The predicted octanol–water partition coefficient (Wildman–Crippen LogP) is 3.35. The molecule has 0 bridgehead atoms. The molecule has 3 aromatic heterocycles. The first-order valence-corrected chi connectivity index (χ1v) is 11.8. The number of aromatic nitrogens is 3. The van der Waals surface area contributed by atoms with Crippen molar-refractivity contribution >= 4 is 29.0 Å². The van der Waals surface area contributed by atoms with Gasteiger partial charge in [-0.1, -0.05) is 0 Å². The molecule has 0 N–H and O–H groups in total. The summed E-state index contributed by atoms with van der Waals surface area (Å²) in [5.41, 5.74) is 3.33. The largest absolute Gasteiger partial charge is 0.422 e. The average molecular weight is 505 g/mol. The van der Waals surface area contributed by atoms with E-state index in [2.05, 4.69) is 15.0 Å². The van der Waals surface area contributed by atoms with Crippen LogP contribution in [0.5, 0.6) is 0 Å². The monoisotopic (exact) mass is 504 g/mol. The van der Waals surface area contributed by atoms with Crippen molar-refractivity contribution in [2.24, 2.45) is 0 Å². The number of pyridine rings is 2. The van der Waals surface area contributed by atoms with Crippen LogP contribution in [0.15, 0.2) is 28.8 Å². The molecule has 1 unspecified atom stereocenters. The molecular weight excluding hydrogens is 477 g/mol. The molecule has 5 rings (SSSR count). The van der Waals surface area contributed by atoms with Crippen LogP contribution in [-0.4, -0.2) is 83.4 Å². The fraction of sp³-hybridized carbons (Fsp3) is 0.500. The first kappa shape index (κ1) is 24.3. The molecule has 0 spiro atoms. The lowest BCUT2D eigenvalue weighted by Gasteiger charge is -2.41. The number of alkyl halides is 3. The first-order chi connectivity index (χ1) is 17.1. The number of fused-ring (bicyclic) bond motifs is 1. The Balaban J connectivity index is 1.16. The number of carbonyl (C=O) groups is 1. The number of ether oxygens (including phenoxy) is 1. The average Bonchev–Trinajstić information content (AvgIpc) is 3.23. The number of rotatable bonds is 5. The molecule has 2 aliphatic heterocycles. The highest BCUT2D eigenvalue weighted by Gasteiger charge is 2.41. The van der Waals surface area contributed by atoms with Crippen LogP contribution in [0.1, 0.15) is 28.5 Å². The van der Waals surface area contributed by atoms with Crippen LogP contribution in [0.2, 0.25) is 0 Å². The number of oxazole rings is 1. The molecule has 0 aromatic carbocycles. The van der Waals surface area contributed by atoms with E-state index in [0.29, 0.717) is 67.9 Å². The first-order valence-electron chi connectivity index (χ1n) is 11.8. The Labute approximate surface area is 205 Å². The maximum Gasteiger partial charge on any atom is 0.414 e. The van der Waals surface area contributed by atoms with E-state index in [1.54, 1.807) is 11.0 Å². The Hall–Kier alpha value is -3.41. The lowest BCUT2D eigenvalue weighted by atomic mass is 10.1. The van der Waals surface area contributed by atoms with Crippen molar-refractivity contribution < 1.29 is 27.1 Å². The maximum absolute atomic E-state index is 13.1. The van der Waals surface area contributed by atoms with Crippen molar-refractivity contribution in [3.8, 4) is 0 Å². The third kappa shape index (κ3) is 4.81. The van der Waals surface area contributed by atoms with Gasteiger partial charge in [0.25, 0.3) is 11.9 Å². The van der Waals surface area contributed by atoms with E-state index in [0.717, 1.165) is 18.2 Å². The fourth-order valence-corrected chi connectivity index (χ4v) is 4.40. The minimum Gasteiger partial charge on any atom is -0.422 e. The van der Waals surface area contributed by atoms with Gasteiger partial charge in [0.05, 0.1) is 11.7 Å². The van der Waals surface area contributed by atoms with Crippen molar-refractivity contribution in [1.29, 1.82) is 0 Å². The molecular formula is C24H27F3N6O3. The summed E-state index contributed by atoms with van der Waals surface area (Å²) < 4.78 is 49.0. The smallest absolute Gasteiger partial charge is 0.414 e. The van der Waals surface area contributed by atoms with Gasteiger partial charge in [-0.2, -0.15) is 18.2 Å². The van der Waals surface area contributed by atoms with Gasteiger partial charge in [0, 0.05) is 51.2 Å². The van der Waals surface area contributed by atoms with Crippen LogP contribution in [0.3, 0.4) is 0 Å². The number of nitrogens with zero attached hydrogens (tertiary/aromatic N) is 6. The van der Waals surface area contributed by atoms with Crippen LogP contribution >= 0.6 is 0 Å². The number of hydrogen-bond donors (Lipinski definition) is 0. The minimum atomic E-state index is -4.37. The standard InChI is InChI=1S/C24H27F3N6O3/c1-14-10-17(11-28-21(14)33-12-18(13-33)35-16(3)24(25,26)27)22(34)31-6-8-32(9-7-31)23-30-20-19(36-23)5-4-15(2)29-20/h4-5,10-11,16,18H,6-9,12-13H2,1-3H3. The third-order valence-electron chi connectivity index (χ3n) is 6.52. The fourth-order valence-electron chi connectivity index (χ4n) is 4.40. The number of anilines is 2. The molecule has 3 aromatic rings. The van der Waals surface area contributed by atoms with Crippen LogP contribution in [0, 0.1) is 13.8 Å². The molecule has 12 heteroatoms. The third-order valence-corrected chi connectivity index (χ3v) is 6.52. The van der Waals surface area contributed by atoms with Gasteiger partial charge in [0.2, 0.25) is 5.65 Å². The highest BCUT2D eigenvalue weighted by atomic mass is 19.4. The second-order valence-electron chi connectivity index (χ2n) is 9.26. The summed E-state index contributed by atoms with van der Waals surface area (Å²) in [4.78, 5) is 32.0. The highest BCUT2D eigenvalue weighted by Crippen LogP contribution is 2.29. The Kier molecular flexibility index (Phi) is 6.23. The van der Waals surface area contributed by atoms with E-state index >= 15 is 0 Å². The van der Waals surface area contributed by atoms with Crippen molar-refractivity contribution in [2.45, 2.75) is 39.2 Å². The van der Waals surface area contributed by atoms with Crippen molar-refractivity contribution in [2.75, 3.05) is 49.1 Å². The van der Waals surface area contributed by atoms with Crippen molar-refractivity contribution in [3.63, 3.8) is 0 Å². The summed E-state index contributed by atoms with van der Waals surface area (Å²) in [7, 11) is 0. The van der Waals surface area contributed by atoms with Gasteiger partial charge in [0.15, 0.2) is 11.7 Å². The Bertz CT molecular complexity index is 1270. The molecule has 0 aliphatic carbocycles. The Morgan fingerprint density at radius 1 is 1.11 bits per heavy atom. The molecule has 0 radical (unpaired) electrons. The molecule has 192 valence electrons. The van der Waals surface area contributed by atoms with Crippen LogP contribution < -0.4 is 9.80 Å². The number of piperazine rings is 1. The van der Waals surface area contributed by atoms with Gasteiger partial charge in [0.1, 0.15) is 5.82 Å². The summed E-state index contributed by atoms with van der Waals surface area (Å²) in [6, 6.07) is 6.00. The SMILES string of the molecule is Cc1ccc2oc(N3CCN(C(=O)c4cnc(N5CC(OC(C)C(F)(F)F)C5)c(C)c4)CC3)nc2n1. The Morgan fingerprint density at radius 2 is 1.83 bits per heavy atom. The van der Waals surface area contributed by atoms with Crippen LogP contribution in [-0.2, 0) is 4.74 Å². The summed E-state index contributed by atoms with van der Waals surface area (Å²) in [6.07, 6.45) is -5.15. The number of carbonyl (C=O) groups excluding carboxylic acids is 1. The molecule has 36 heavy (non-hydrogen) atoms. The van der Waals surface area contributed by atoms with E-state index in [9.17, 15) is 18.0 Å². The summed E-state index contributed by atoms with van der Waals surface area (Å²) >= 11 is 0. The van der Waals surface area contributed by atoms with Crippen molar-refractivity contribution in [3.05, 3.63) is 41.2 Å². The zero-order chi connectivity index (χ0) is 25.6. The molecule has 1 atom stereocenters. The maximum atomic E-state index is 13.1. The molecule has 1 amide bonds. The van der Waals surface area contributed by atoms with E-state index in [1.165, 1.54) is 6.20 Å². The summed E-state index contributed by atoms with van der Waals surface area (Å²) in [6.45, 7) is 7.57. The Morgan fingerprint density at radius 3 is 2.50 bits per heavy atom. The number of aryl methyl sites for hydroxylation is 2. The zero-order valence-corrected chi connectivity index (χ0v) is 20.2. The van der Waals surface area contributed by atoms with E-state index in [4.69, 9.17) is 9.15 Å². The van der Waals surface area contributed by atoms with Gasteiger partial charge in [-0.25, -0.2) is 9.97 Å². The summed E-state index contributed by atoms with van der Waals surface area (Å²) in [5.74, 6) is 0.533. The van der Waals surface area contributed by atoms with E-state index in [1.807, 2.05) is 35.8 Å². The van der Waals surface area contributed by atoms with Crippen LogP contribution in [0.25, 0.3) is 11.2 Å². The molecule has 2 fully saturated rings. The van der Waals surface area contributed by atoms with Gasteiger partial charge < -0.3 is 23.9 Å². The minimum absolute atomic E-state index is 0.115. The van der Waals surface area contributed by atoms with E-state index in [-0.39, 0.29) is 5.91 Å². The number of hydrogen-bond acceptors (Lipinski definition) is 8. The molecule has 2 aliphatic rings. The summed E-state index contributed by atoms with van der Waals surface area (Å²) in [5, 5.41) is 0. The lowest BCUT2D eigenvalue weighted by molar-refractivity contribution is -0.228. The van der Waals surface area contributed by atoms with Gasteiger partial charge in [-0.05, 0) is 44.5 Å². The molecule has 9 nitrogen and oxygen atoms in total. The van der Waals surface area contributed by atoms with Gasteiger partial charge in [-0.3, -0.25) is 4.79 Å². The topological polar surface area (TPSA) is 87.8 Å². The predicted molar refractivity (Wildman–Crippen MR) is 126 cm³/mol. The number of halogens is 3. The van der Waals surface area contributed by atoms with E-state index < -0.39 is 18.4 Å². The second-order valence-corrected chi connectivity index (χ2v) is 9.26. The normalized spacial score (nSPS) is 18.0. The lowest BCUT2D eigenvalue weighted by Crippen LogP contribution is -2.55. The molecule has 5 heterocycles. The quantitative estimate of drug-likeness (QED) is 0.523. The second kappa shape index (κ2) is 9.23. The van der Waals surface area contributed by atoms with Gasteiger partial charge in [-0.15, -0.1) is 0 Å². The highest BCUT2D eigenvalue weighted by molar-refractivity contribution is 5.94. The number of amides is 1. The van der Waals surface area contributed by atoms with Crippen LogP contribution in [0.4, 0.5) is 25.0 Å². The van der Waals surface area contributed by atoms with Crippen molar-refractivity contribution in [1.82, 2.24) is 19.9 Å². The molecule has 2 saturated heterocycles. The van der Waals surface area contributed by atoms with Gasteiger partial charge >= 0.3 is 6.18 Å². The zero-order valence-electron chi connectivity index (χ0n) is 20.2.